The topological polar surface area (TPSA) is 48.2 Å². The minimum Gasteiger partial charge on any atom is -0.271 e. The van der Waals surface area contributed by atoms with Crippen molar-refractivity contribution in [3.63, 3.8) is 0 Å². The van der Waals surface area contributed by atoms with E-state index in [0.29, 0.717) is 5.17 Å². The number of thioether (sulfide) groups is 1. The molecule has 0 aliphatic carbocycles. The van der Waals surface area contributed by atoms with E-state index >= 15 is 0 Å². The number of nitrogens with one attached hydrogen (secondary N) is 1. The first-order valence-electron chi connectivity index (χ1n) is 3.89. The van der Waals surface area contributed by atoms with Gasteiger partial charge in [-0.1, -0.05) is 11.8 Å². The number of hydrogen-bond acceptors (Lipinski definition) is 3. The smallest absolute Gasteiger partial charge is 0.183 e. The van der Waals surface area contributed by atoms with Crippen molar-refractivity contribution in [3.05, 3.63) is 25.3 Å². The molecule has 15 heavy (non-hydrogen) atoms. The van der Waals surface area contributed by atoms with Gasteiger partial charge in [0.1, 0.15) is 0 Å². The number of aliphatic imine (C=N–C) groups is 1. The summed E-state index contributed by atoms with van der Waals surface area (Å²) < 4.78 is 2.27. The summed E-state index contributed by atoms with van der Waals surface area (Å²) in [4.78, 5) is 4.32. The Labute approximate surface area is 120 Å². The molecule has 0 aliphatic rings. The van der Waals surface area contributed by atoms with Gasteiger partial charge in [0.05, 0.1) is 5.69 Å². The number of amidine groups is 1. The number of halogens is 2. The molecule has 0 aliphatic heterocycles. The molecule has 0 atom stereocenters. The molecule has 0 saturated carbocycles. The van der Waals surface area contributed by atoms with E-state index in [1.807, 2.05) is 24.6 Å². The second-order valence-electron chi connectivity index (χ2n) is 2.49. The van der Waals surface area contributed by atoms with Gasteiger partial charge in [-0.2, -0.15) is 5.26 Å². The lowest BCUT2D eigenvalue weighted by Crippen LogP contribution is -2.12. The van der Waals surface area contributed by atoms with Crippen LogP contribution in [0.25, 0.3) is 0 Å². The van der Waals surface area contributed by atoms with Crippen LogP contribution in [0.4, 0.5) is 5.69 Å². The van der Waals surface area contributed by atoms with Crippen LogP contribution in [0.5, 0.6) is 0 Å². The van der Waals surface area contributed by atoms with Gasteiger partial charge in [-0.05, 0) is 69.6 Å². The van der Waals surface area contributed by atoms with E-state index in [9.17, 15) is 0 Å². The molecule has 0 aromatic heterocycles. The molecule has 1 aromatic rings. The van der Waals surface area contributed by atoms with Gasteiger partial charge in [0, 0.05) is 7.14 Å². The number of nitrogens with zero attached hydrogens (tertiary/aromatic N) is 2. The molecule has 0 saturated heterocycles. The molecule has 1 N–H and O–H groups in total. The van der Waals surface area contributed by atoms with Crippen LogP contribution in [0.15, 0.2) is 23.2 Å². The van der Waals surface area contributed by atoms with E-state index in [1.165, 1.54) is 11.8 Å². The van der Waals surface area contributed by atoms with Crippen molar-refractivity contribution in [2.45, 2.75) is 0 Å². The fraction of sp³-hybridized carbons (Fsp3) is 0.111. The Morgan fingerprint density at radius 1 is 1.40 bits per heavy atom. The first-order valence-corrected chi connectivity index (χ1v) is 7.28. The van der Waals surface area contributed by atoms with Crippen molar-refractivity contribution < 1.29 is 0 Å². The summed E-state index contributed by atoms with van der Waals surface area (Å²) in [6, 6.07) is 6.01. The van der Waals surface area contributed by atoms with Crippen molar-refractivity contribution >= 4 is 67.8 Å². The zero-order chi connectivity index (χ0) is 11.3. The van der Waals surface area contributed by atoms with Crippen LogP contribution in [-0.2, 0) is 0 Å². The molecule has 1 rings (SSSR count). The molecular formula is C9H7I2N3S. The van der Waals surface area contributed by atoms with Gasteiger partial charge < -0.3 is 0 Å². The number of hydrogen-bond donors (Lipinski definition) is 1. The van der Waals surface area contributed by atoms with E-state index in [0.717, 1.165) is 12.8 Å². The van der Waals surface area contributed by atoms with Gasteiger partial charge in [0.15, 0.2) is 11.4 Å². The highest BCUT2D eigenvalue weighted by molar-refractivity contribution is 14.1. The third-order valence-corrected chi connectivity index (χ3v) is 3.26. The minimum atomic E-state index is 0.607. The lowest BCUT2D eigenvalue weighted by molar-refractivity contribution is 1.28. The standard InChI is InChI=1S/C9H7I2N3S/c1-15-9(13-5-12)14-8-3-6(10)2-7(11)4-8/h2-4H,1H3,(H,13,14). The normalized spacial score (nSPS) is 10.9. The number of nitriles is 1. The van der Waals surface area contributed by atoms with Crippen LogP contribution in [-0.4, -0.2) is 11.4 Å². The molecule has 0 spiro atoms. The molecule has 3 nitrogen and oxygen atoms in total. The van der Waals surface area contributed by atoms with Crippen LogP contribution >= 0.6 is 56.9 Å². The predicted molar refractivity (Wildman–Crippen MR) is 81.2 cm³/mol. The van der Waals surface area contributed by atoms with E-state index < -0.39 is 0 Å². The molecule has 6 heteroatoms. The van der Waals surface area contributed by atoms with Gasteiger partial charge in [-0.15, -0.1) is 0 Å². The molecule has 0 unspecified atom stereocenters. The average Bonchev–Trinajstić information content (AvgIpc) is 2.15. The molecular weight excluding hydrogens is 436 g/mol. The maximum Gasteiger partial charge on any atom is 0.183 e. The van der Waals surface area contributed by atoms with Gasteiger partial charge in [0.25, 0.3) is 0 Å². The first-order chi connectivity index (χ1) is 7.15. The summed E-state index contributed by atoms with van der Waals surface area (Å²) in [7, 11) is 0. The Bertz CT molecular complexity index is 406. The van der Waals surface area contributed by atoms with Crippen LogP contribution in [0.1, 0.15) is 0 Å². The Balaban J connectivity index is 3.01. The Morgan fingerprint density at radius 3 is 2.47 bits per heavy atom. The molecule has 0 fully saturated rings. The maximum absolute atomic E-state index is 8.50. The second kappa shape index (κ2) is 6.55. The SMILES string of the molecule is CSC(=Nc1cc(I)cc(I)c1)NC#N. The Hall–Kier alpha value is -0.0100. The van der Waals surface area contributed by atoms with Gasteiger partial charge in [-0.25, -0.2) is 4.99 Å². The largest absolute Gasteiger partial charge is 0.271 e. The fourth-order valence-electron chi connectivity index (χ4n) is 0.894. The van der Waals surface area contributed by atoms with Crippen molar-refractivity contribution in [2.24, 2.45) is 4.99 Å². The molecule has 78 valence electrons. The van der Waals surface area contributed by atoms with Crippen LogP contribution < -0.4 is 5.32 Å². The van der Waals surface area contributed by atoms with Crippen LogP contribution in [0.2, 0.25) is 0 Å². The van der Waals surface area contributed by atoms with E-state index in [1.54, 1.807) is 0 Å². The lowest BCUT2D eigenvalue weighted by atomic mass is 10.3. The quantitative estimate of drug-likeness (QED) is 0.238. The van der Waals surface area contributed by atoms with Gasteiger partial charge >= 0.3 is 0 Å². The molecule has 0 heterocycles. The monoisotopic (exact) mass is 443 g/mol. The third-order valence-electron chi connectivity index (χ3n) is 1.43. The second-order valence-corrected chi connectivity index (χ2v) is 5.77. The van der Waals surface area contributed by atoms with Crippen molar-refractivity contribution in [2.75, 3.05) is 6.26 Å². The van der Waals surface area contributed by atoms with E-state index in [2.05, 4.69) is 61.6 Å². The first kappa shape index (κ1) is 13.1. The molecule has 0 radical (unpaired) electrons. The van der Waals surface area contributed by atoms with Crippen LogP contribution in [0, 0.1) is 18.6 Å². The summed E-state index contributed by atoms with van der Waals surface area (Å²) in [5, 5.41) is 11.6. The highest BCUT2D eigenvalue weighted by Crippen LogP contribution is 2.21. The molecule has 1 aromatic carbocycles. The highest BCUT2D eigenvalue weighted by Gasteiger charge is 1.99. The summed E-state index contributed by atoms with van der Waals surface area (Å²) in [6.07, 6.45) is 3.74. The molecule has 0 amide bonds. The van der Waals surface area contributed by atoms with Gasteiger partial charge in [-0.3, -0.25) is 5.32 Å². The van der Waals surface area contributed by atoms with Crippen LogP contribution in [0.3, 0.4) is 0 Å². The Kier molecular flexibility index (Phi) is 5.70. The Morgan fingerprint density at radius 2 is 2.00 bits per heavy atom. The molecule has 0 bridgehead atoms. The third kappa shape index (κ3) is 4.56. The van der Waals surface area contributed by atoms with Crippen molar-refractivity contribution in [1.82, 2.24) is 5.32 Å². The summed E-state index contributed by atoms with van der Waals surface area (Å²) in [5.74, 6) is 0. The summed E-state index contributed by atoms with van der Waals surface area (Å²) >= 11 is 5.90. The van der Waals surface area contributed by atoms with E-state index in [-0.39, 0.29) is 0 Å². The zero-order valence-electron chi connectivity index (χ0n) is 7.79. The summed E-state index contributed by atoms with van der Waals surface area (Å²) in [5.41, 5.74) is 0.860. The fourth-order valence-corrected chi connectivity index (χ4v) is 3.14. The maximum atomic E-state index is 8.50. The predicted octanol–water partition coefficient (Wildman–Crippen LogP) is 3.32. The number of rotatable bonds is 1. The average molecular weight is 443 g/mol. The minimum absolute atomic E-state index is 0.607. The highest BCUT2D eigenvalue weighted by atomic mass is 127. The van der Waals surface area contributed by atoms with Crippen molar-refractivity contribution in [3.8, 4) is 6.19 Å². The lowest BCUT2D eigenvalue weighted by Gasteiger charge is -2.01. The van der Waals surface area contributed by atoms with E-state index in [4.69, 9.17) is 5.26 Å². The summed E-state index contributed by atoms with van der Waals surface area (Å²) in [6.45, 7) is 0. The van der Waals surface area contributed by atoms with Crippen molar-refractivity contribution in [1.29, 1.82) is 5.26 Å². The van der Waals surface area contributed by atoms with Gasteiger partial charge in [0.2, 0.25) is 0 Å². The zero-order valence-corrected chi connectivity index (χ0v) is 12.9. The number of benzene rings is 1.